The number of anilines is 1. The van der Waals surface area contributed by atoms with Crippen LogP contribution in [0.15, 0.2) is 24.4 Å². The van der Waals surface area contributed by atoms with Crippen LogP contribution in [0.1, 0.15) is 20.0 Å². The van der Waals surface area contributed by atoms with Gasteiger partial charge >= 0.3 is 5.97 Å². The summed E-state index contributed by atoms with van der Waals surface area (Å²) in [6, 6.07) is 3.61. The average Bonchev–Trinajstić information content (AvgIpc) is 2.85. The molecule has 0 fully saturated rings. The fourth-order valence-electron chi connectivity index (χ4n) is 1.22. The summed E-state index contributed by atoms with van der Waals surface area (Å²) < 4.78 is 3.53. The Morgan fingerprint density at radius 1 is 1.33 bits per heavy atom. The summed E-state index contributed by atoms with van der Waals surface area (Å²) in [5.41, 5.74) is -0.0150. The first kappa shape index (κ1) is 12.0. The number of carboxylic acids is 1. The number of benzene rings is 1. The van der Waals surface area contributed by atoms with Crippen molar-refractivity contribution in [3.63, 3.8) is 0 Å². The standard InChI is InChI=1S/C10H7N3O4S/c14-7-2-1-5(10(16)17)3-6(7)12-9(15)8-4-11-13-18-8/h1-4,14H,(H,12,15)(H,16,17). The van der Waals surface area contributed by atoms with Crippen molar-refractivity contribution in [2.45, 2.75) is 0 Å². The number of carbonyl (C=O) groups is 2. The molecular formula is C10H7N3O4S. The number of amides is 1. The number of phenolic OH excluding ortho intramolecular Hbond substituents is 1. The van der Waals surface area contributed by atoms with Gasteiger partial charge < -0.3 is 15.5 Å². The second-order valence-corrected chi connectivity index (χ2v) is 4.06. The molecule has 18 heavy (non-hydrogen) atoms. The van der Waals surface area contributed by atoms with Gasteiger partial charge in [-0.1, -0.05) is 4.49 Å². The molecule has 0 radical (unpaired) electrons. The maximum atomic E-state index is 11.7. The highest BCUT2D eigenvalue weighted by atomic mass is 32.1. The number of aromatic carboxylic acids is 1. The molecule has 0 unspecified atom stereocenters. The molecule has 0 saturated heterocycles. The maximum Gasteiger partial charge on any atom is 0.335 e. The van der Waals surface area contributed by atoms with E-state index in [0.717, 1.165) is 11.5 Å². The number of carboxylic acid groups (broad SMARTS) is 1. The quantitative estimate of drug-likeness (QED) is 0.718. The number of phenols is 1. The van der Waals surface area contributed by atoms with E-state index in [1.807, 2.05) is 0 Å². The lowest BCUT2D eigenvalue weighted by atomic mass is 10.2. The van der Waals surface area contributed by atoms with Crippen LogP contribution in [0, 0.1) is 0 Å². The number of rotatable bonds is 3. The van der Waals surface area contributed by atoms with Gasteiger partial charge in [-0.25, -0.2) is 4.79 Å². The molecule has 1 aromatic heterocycles. The Balaban J connectivity index is 2.26. The number of hydrogen-bond donors (Lipinski definition) is 3. The van der Waals surface area contributed by atoms with Gasteiger partial charge in [-0.3, -0.25) is 4.79 Å². The summed E-state index contributed by atoms with van der Waals surface area (Å²) in [7, 11) is 0. The van der Waals surface area contributed by atoms with E-state index >= 15 is 0 Å². The molecule has 0 saturated carbocycles. The van der Waals surface area contributed by atoms with Crippen molar-refractivity contribution in [2.75, 3.05) is 5.32 Å². The second kappa shape index (κ2) is 4.80. The van der Waals surface area contributed by atoms with Crippen molar-refractivity contribution < 1.29 is 19.8 Å². The zero-order valence-corrected chi connectivity index (χ0v) is 9.64. The molecule has 0 spiro atoms. The van der Waals surface area contributed by atoms with E-state index in [9.17, 15) is 14.7 Å². The zero-order valence-electron chi connectivity index (χ0n) is 8.82. The smallest absolute Gasteiger partial charge is 0.335 e. The number of hydrogen-bond acceptors (Lipinski definition) is 6. The molecule has 92 valence electrons. The molecule has 3 N–H and O–H groups in total. The molecule has 2 aromatic rings. The first-order valence-corrected chi connectivity index (χ1v) is 5.50. The van der Waals surface area contributed by atoms with E-state index in [-0.39, 0.29) is 21.9 Å². The summed E-state index contributed by atoms with van der Waals surface area (Å²) in [4.78, 5) is 22.7. The lowest BCUT2D eigenvalue weighted by molar-refractivity contribution is 0.0696. The first-order valence-electron chi connectivity index (χ1n) is 4.73. The van der Waals surface area contributed by atoms with Gasteiger partial charge in [0.2, 0.25) is 0 Å². The van der Waals surface area contributed by atoms with Crippen molar-refractivity contribution in [1.82, 2.24) is 9.59 Å². The maximum absolute atomic E-state index is 11.7. The average molecular weight is 265 g/mol. The second-order valence-electron chi connectivity index (χ2n) is 3.27. The Hall–Kier alpha value is -2.48. The van der Waals surface area contributed by atoms with Crippen LogP contribution in [0.3, 0.4) is 0 Å². The molecule has 0 aliphatic rings. The summed E-state index contributed by atoms with van der Waals surface area (Å²) in [6.45, 7) is 0. The van der Waals surface area contributed by atoms with E-state index in [0.29, 0.717) is 0 Å². The third kappa shape index (κ3) is 2.43. The van der Waals surface area contributed by atoms with Gasteiger partial charge in [-0.2, -0.15) is 0 Å². The molecule has 1 aromatic carbocycles. The van der Waals surface area contributed by atoms with Crippen LogP contribution in [0.5, 0.6) is 5.75 Å². The van der Waals surface area contributed by atoms with Crippen molar-refractivity contribution in [3.8, 4) is 5.75 Å². The molecule has 0 aliphatic carbocycles. The van der Waals surface area contributed by atoms with Gasteiger partial charge in [-0.15, -0.1) is 5.10 Å². The molecule has 7 nitrogen and oxygen atoms in total. The van der Waals surface area contributed by atoms with Gasteiger partial charge in [0.15, 0.2) is 0 Å². The zero-order chi connectivity index (χ0) is 13.1. The summed E-state index contributed by atoms with van der Waals surface area (Å²) in [5.74, 6) is -1.88. The molecule has 1 amide bonds. The fourth-order valence-corrected chi connectivity index (χ4v) is 1.63. The molecule has 0 atom stereocenters. The fraction of sp³-hybridized carbons (Fsp3) is 0. The van der Waals surface area contributed by atoms with Crippen molar-refractivity contribution >= 4 is 29.1 Å². The minimum absolute atomic E-state index is 0.0216. The predicted molar refractivity (Wildman–Crippen MR) is 62.9 cm³/mol. The van der Waals surface area contributed by atoms with Crippen molar-refractivity contribution in [1.29, 1.82) is 0 Å². The van der Waals surface area contributed by atoms with Crippen molar-refractivity contribution in [3.05, 3.63) is 34.8 Å². The van der Waals surface area contributed by atoms with E-state index in [2.05, 4.69) is 14.9 Å². The largest absolute Gasteiger partial charge is 0.506 e. The predicted octanol–water partition coefficient (Wildman–Crippen LogP) is 1.19. The lowest BCUT2D eigenvalue weighted by Gasteiger charge is -2.06. The summed E-state index contributed by atoms with van der Waals surface area (Å²) in [5, 5.41) is 24.2. The number of carbonyl (C=O) groups excluding carboxylic acids is 1. The first-order chi connectivity index (χ1) is 8.58. The van der Waals surface area contributed by atoms with E-state index in [1.54, 1.807) is 0 Å². The third-order valence-electron chi connectivity index (χ3n) is 2.08. The number of nitrogens with zero attached hydrogens (tertiary/aromatic N) is 2. The van der Waals surface area contributed by atoms with E-state index < -0.39 is 11.9 Å². The molecule has 0 aliphatic heterocycles. The molecule has 8 heteroatoms. The van der Waals surface area contributed by atoms with E-state index in [4.69, 9.17) is 5.11 Å². The van der Waals surface area contributed by atoms with Gasteiger partial charge in [0.25, 0.3) is 5.91 Å². The Bertz CT molecular complexity index is 597. The molecular weight excluding hydrogens is 258 g/mol. The topological polar surface area (TPSA) is 112 Å². The number of aromatic hydroxyl groups is 1. The minimum Gasteiger partial charge on any atom is -0.506 e. The normalized spacial score (nSPS) is 10.0. The van der Waals surface area contributed by atoms with Crippen LogP contribution in [-0.2, 0) is 0 Å². The summed E-state index contributed by atoms with van der Waals surface area (Å²) >= 11 is 0.896. The lowest BCUT2D eigenvalue weighted by Crippen LogP contribution is -2.11. The molecule has 1 heterocycles. The summed E-state index contributed by atoms with van der Waals surface area (Å²) in [6.07, 6.45) is 1.28. The Labute approximate surface area is 105 Å². The van der Waals surface area contributed by atoms with Crippen LogP contribution in [0.25, 0.3) is 0 Å². The Morgan fingerprint density at radius 2 is 2.11 bits per heavy atom. The highest BCUT2D eigenvalue weighted by molar-refractivity contribution is 7.07. The van der Waals surface area contributed by atoms with Crippen molar-refractivity contribution in [2.24, 2.45) is 0 Å². The Morgan fingerprint density at radius 3 is 2.72 bits per heavy atom. The highest BCUT2D eigenvalue weighted by Gasteiger charge is 2.13. The van der Waals surface area contributed by atoms with Gasteiger partial charge in [0, 0.05) is 0 Å². The number of nitrogens with one attached hydrogen (secondary N) is 1. The van der Waals surface area contributed by atoms with Crippen LogP contribution < -0.4 is 5.32 Å². The van der Waals surface area contributed by atoms with Gasteiger partial charge in [-0.05, 0) is 29.7 Å². The van der Waals surface area contributed by atoms with Crippen LogP contribution in [0.4, 0.5) is 5.69 Å². The monoisotopic (exact) mass is 265 g/mol. The molecule has 0 bridgehead atoms. The van der Waals surface area contributed by atoms with Crippen LogP contribution in [0.2, 0.25) is 0 Å². The van der Waals surface area contributed by atoms with Gasteiger partial charge in [0.1, 0.15) is 10.6 Å². The Kier molecular flexibility index (Phi) is 3.20. The van der Waals surface area contributed by atoms with Crippen LogP contribution >= 0.6 is 11.5 Å². The van der Waals surface area contributed by atoms with E-state index in [1.165, 1.54) is 24.4 Å². The SMILES string of the molecule is O=C(O)c1ccc(O)c(NC(=O)c2cnns2)c1. The highest BCUT2D eigenvalue weighted by Crippen LogP contribution is 2.25. The third-order valence-corrected chi connectivity index (χ3v) is 2.74. The van der Waals surface area contributed by atoms with Crippen LogP contribution in [-0.4, -0.2) is 31.7 Å². The van der Waals surface area contributed by atoms with Gasteiger partial charge in [0.05, 0.1) is 17.4 Å². The minimum atomic E-state index is -1.15. The molecule has 2 rings (SSSR count). The number of aromatic nitrogens is 2.